The molecule has 0 amide bonds. The zero-order valence-corrected chi connectivity index (χ0v) is 12.6. The SMILES string of the molecule is COc1ccc([C@@H](C)[C@@H](C)c2ccc(OC)cc2)cc1. The van der Waals surface area contributed by atoms with Crippen LogP contribution in [0, 0.1) is 0 Å². The van der Waals surface area contributed by atoms with Crippen LogP contribution in [0.3, 0.4) is 0 Å². The van der Waals surface area contributed by atoms with Crippen molar-refractivity contribution in [2.75, 3.05) is 14.2 Å². The molecule has 0 saturated heterocycles. The first-order chi connectivity index (χ1) is 9.65. The molecule has 0 aliphatic rings. The Morgan fingerprint density at radius 2 is 0.900 bits per heavy atom. The lowest BCUT2D eigenvalue weighted by molar-refractivity contribution is 0.414. The first-order valence-electron chi connectivity index (χ1n) is 6.93. The van der Waals surface area contributed by atoms with Crippen molar-refractivity contribution >= 4 is 0 Å². The van der Waals surface area contributed by atoms with Crippen molar-refractivity contribution in [3.8, 4) is 11.5 Å². The number of hydrogen-bond acceptors (Lipinski definition) is 2. The predicted molar refractivity (Wildman–Crippen MR) is 82.8 cm³/mol. The molecule has 2 rings (SSSR count). The quantitative estimate of drug-likeness (QED) is 0.789. The van der Waals surface area contributed by atoms with Crippen molar-refractivity contribution in [1.29, 1.82) is 0 Å². The molecule has 0 unspecified atom stereocenters. The van der Waals surface area contributed by atoms with Gasteiger partial charge in [-0.1, -0.05) is 38.1 Å². The maximum absolute atomic E-state index is 5.21. The molecule has 0 spiro atoms. The minimum Gasteiger partial charge on any atom is -0.497 e. The molecule has 0 N–H and O–H groups in total. The van der Waals surface area contributed by atoms with E-state index in [1.54, 1.807) is 14.2 Å². The van der Waals surface area contributed by atoms with Crippen LogP contribution in [0.25, 0.3) is 0 Å². The van der Waals surface area contributed by atoms with Gasteiger partial charge in [-0.15, -0.1) is 0 Å². The molecular weight excluding hydrogens is 248 g/mol. The minimum atomic E-state index is 0.453. The number of hydrogen-bond donors (Lipinski definition) is 0. The van der Waals surface area contributed by atoms with Gasteiger partial charge in [-0.25, -0.2) is 0 Å². The van der Waals surface area contributed by atoms with Crippen LogP contribution in [0.15, 0.2) is 48.5 Å². The normalized spacial score (nSPS) is 13.6. The van der Waals surface area contributed by atoms with Gasteiger partial charge in [0, 0.05) is 0 Å². The third-order valence-corrected chi connectivity index (χ3v) is 4.03. The summed E-state index contributed by atoms with van der Waals surface area (Å²) in [5.74, 6) is 2.71. The van der Waals surface area contributed by atoms with Crippen LogP contribution in [0.5, 0.6) is 11.5 Å². The average Bonchev–Trinajstić information content (AvgIpc) is 2.53. The molecule has 0 bridgehead atoms. The van der Waals surface area contributed by atoms with Gasteiger partial charge in [-0.3, -0.25) is 0 Å². The summed E-state index contributed by atoms with van der Waals surface area (Å²) in [5, 5.41) is 0. The van der Waals surface area contributed by atoms with Crippen LogP contribution in [0.1, 0.15) is 36.8 Å². The molecule has 2 nitrogen and oxygen atoms in total. The molecule has 2 heteroatoms. The summed E-state index contributed by atoms with van der Waals surface area (Å²) >= 11 is 0. The molecular formula is C18H22O2. The summed E-state index contributed by atoms with van der Waals surface area (Å²) in [6.07, 6.45) is 0. The first kappa shape index (κ1) is 14.4. The summed E-state index contributed by atoms with van der Waals surface area (Å²) in [6, 6.07) is 16.7. The zero-order valence-electron chi connectivity index (χ0n) is 12.6. The van der Waals surface area contributed by atoms with E-state index in [0.29, 0.717) is 11.8 Å². The maximum atomic E-state index is 5.21. The van der Waals surface area contributed by atoms with Gasteiger partial charge in [0.25, 0.3) is 0 Å². The smallest absolute Gasteiger partial charge is 0.118 e. The van der Waals surface area contributed by atoms with E-state index in [9.17, 15) is 0 Å². The molecule has 0 aliphatic carbocycles. The molecule has 0 radical (unpaired) electrons. The van der Waals surface area contributed by atoms with Crippen LogP contribution in [-0.4, -0.2) is 14.2 Å². The van der Waals surface area contributed by atoms with Crippen molar-refractivity contribution in [3.05, 3.63) is 59.7 Å². The maximum Gasteiger partial charge on any atom is 0.118 e. The highest BCUT2D eigenvalue weighted by Crippen LogP contribution is 2.33. The van der Waals surface area contributed by atoms with E-state index >= 15 is 0 Å². The van der Waals surface area contributed by atoms with E-state index in [2.05, 4.69) is 38.1 Å². The third-order valence-electron chi connectivity index (χ3n) is 4.03. The Hall–Kier alpha value is -1.96. The second-order valence-corrected chi connectivity index (χ2v) is 5.12. The summed E-state index contributed by atoms with van der Waals surface area (Å²) in [6.45, 7) is 4.52. The topological polar surface area (TPSA) is 18.5 Å². The number of ether oxygens (including phenoxy) is 2. The van der Waals surface area contributed by atoms with Crippen molar-refractivity contribution in [2.45, 2.75) is 25.7 Å². The molecule has 2 aromatic rings. The van der Waals surface area contributed by atoms with Crippen molar-refractivity contribution in [2.24, 2.45) is 0 Å². The molecule has 2 aromatic carbocycles. The van der Waals surface area contributed by atoms with Crippen LogP contribution >= 0.6 is 0 Å². The highest BCUT2D eigenvalue weighted by Gasteiger charge is 2.16. The number of benzene rings is 2. The number of rotatable bonds is 5. The van der Waals surface area contributed by atoms with Crippen LogP contribution in [-0.2, 0) is 0 Å². The third kappa shape index (κ3) is 3.13. The van der Waals surface area contributed by atoms with Crippen LogP contribution in [0.4, 0.5) is 0 Å². The standard InChI is InChI=1S/C18H22O2/c1-13(15-5-9-17(19-3)10-6-15)14(2)16-7-11-18(20-4)12-8-16/h5-14H,1-4H3/t13-,14+. The molecule has 20 heavy (non-hydrogen) atoms. The minimum absolute atomic E-state index is 0.453. The van der Waals surface area contributed by atoms with Gasteiger partial charge in [-0.2, -0.15) is 0 Å². The van der Waals surface area contributed by atoms with Gasteiger partial charge >= 0.3 is 0 Å². The van der Waals surface area contributed by atoms with E-state index in [4.69, 9.17) is 9.47 Å². The lowest BCUT2D eigenvalue weighted by atomic mass is 9.84. The van der Waals surface area contributed by atoms with Gasteiger partial charge in [0.05, 0.1) is 14.2 Å². The monoisotopic (exact) mass is 270 g/mol. The lowest BCUT2D eigenvalue weighted by Crippen LogP contribution is -2.04. The number of methoxy groups -OCH3 is 2. The predicted octanol–water partition coefficient (Wildman–Crippen LogP) is 4.61. The molecule has 0 aliphatic heterocycles. The first-order valence-corrected chi connectivity index (χ1v) is 6.93. The lowest BCUT2D eigenvalue weighted by Gasteiger charge is -2.21. The second kappa shape index (κ2) is 6.47. The largest absolute Gasteiger partial charge is 0.497 e. The Balaban J connectivity index is 2.15. The molecule has 0 aromatic heterocycles. The fourth-order valence-electron chi connectivity index (χ4n) is 2.39. The second-order valence-electron chi connectivity index (χ2n) is 5.12. The highest BCUT2D eigenvalue weighted by molar-refractivity contribution is 5.34. The molecule has 0 saturated carbocycles. The van der Waals surface area contributed by atoms with Crippen LogP contribution < -0.4 is 9.47 Å². The Morgan fingerprint density at radius 3 is 1.15 bits per heavy atom. The van der Waals surface area contributed by atoms with Gasteiger partial charge in [0.15, 0.2) is 0 Å². The molecule has 0 heterocycles. The summed E-state index contributed by atoms with van der Waals surface area (Å²) in [5.41, 5.74) is 2.66. The zero-order chi connectivity index (χ0) is 14.5. The van der Waals surface area contributed by atoms with E-state index < -0.39 is 0 Å². The van der Waals surface area contributed by atoms with Gasteiger partial charge in [0.1, 0.15) is 11.5 Å². The van der Waals surface area contributed by atoms with Crippen molar-refractivity contribution in [1.82, 2.24) is 0 Å². The van der Waals surface area contributed by atoms with Crippen LogP contribution in [0.2, 0.25) is 0 Å². The van der Waals surface area contributed by atoms with Crippen molar-refractivity contribution in [3.63, 3.8) is 0 Å². The summed E-state index contributed by atoms with van der Waals surface area (Å²) in [7, 11) is 3.39. The van der Waals surface area contributed by atoms with E-state index in [-0.39, 0.29) is 0 Å². The fraction of sp³-hybridized carbons (Fsp3) is 0.333. The summed E-state index contributed by atoms with van der Waals surface area (Å²) in [4.78, 5) is 0. The van der Waals surface area contributed by atoms with E-state index in [1.807, 2.05) is 24.3 Å². The Morgan fingerprint density at radius 1 is 0.600 bits per heavy atom. The van der Waals surface area contributed by atoms with E-state index in [0.717, 1.165) is 11.5 Å². The summed E-state index contributed by atoms with van der Waals surface area (Å²) < 4.78 is 10.4. The van der Waals surface area contributed by atoms with Gasteiger partial charge < -0.3 is 9.47 Å². The van der Waals surface area contributed by atoms with Gasteiger partial charge in [0.2, 0.25) is 0 Å². The molecule has 0 fully saturated rings. The highest BCUT2D eigenvalue weighted by atomic mass is 16.5. The average molecular weight is 270 g/mol. The molecule has 106 valence electrons. The van der Waals surface area contributed by atoms with Crippen molar-refractivity contribution < 1.29 is 9.47 Å². The van der Waals surface area contributed by atoms with Gasteiger partial charge in [-0.05, 0) is 47.2 Å². The Kier molecular flexibility index (Phi) is 4.67. The Labute approximate surface area is 121 Å². The fourth-order valence-corrected chi connectivity index (χ4v) is 2.39. The Bertz CT molecular complexity index is 477. The molecule has 2 atom stereocenters. The van der Waals surface area contributed by atoms with E-state index in [1.165, 1.54) is 11.1 Å².